The number of methoxy groups -OCH3 is 1. The van der Waals surface area contributed by atoms with Crippen LogP contribution in [-0.2, 0) is 0 Å². The lowest BCUT2D eigenvalue weighted by Gasteiger charge is -2.09. The largest absolute Gasteiger partial charge is 0.493 e. The number of hydrazone groups is 1. The van der Waals surface area contributed by atoms with Crippen LogP contribution in [0.15, 0.2) is 72.4 Å². The van der Waals surface area contributed by atoms with Crippen molar-refractivity contribution < 1.29 is 14.3 Å². The van der Waals surface area contributed by atoms with Gasteiger partial charge in [0.05, 0.1) is 19.0 Å². The number of nitrogens with one attached hydrogen (secondary N) is 2. The van der Waals surface area contributed by atoms with Gasteiger partial charge in [0.1, 0.15) is 12.3 Å². The number of aromatic amines is 1. The molecule has 1 aromatic heterocycles. The van der Waals surface area contributed by atoms with Crippen molar-refractivity contribution in [2.45, 2.75) is 0 Å². The molecule has 0 bridgehead atoms. The highest BCUT2D eigenvalue weighted by molar-refractivity contribution is 5.94. The van der Waals surface area contributed by atoms with E-state index in [-0.39, 0.29) is 5.91 Å². The number of H-pyrrole nitrogens is 1. The molecule has 0 aliphatic carbocycles. The van der Waals surface area contributed by atoms with E-state index in [1.165, 1.54) is 6.21 Å². The van der Waals surface area contributed by atoms with Gasteiger partial charge in [-0.05, 0) is 29.8 Å². The normalized spacial score (nSPS) is 10.6. The standard InChI is InChI=1S/C21H20N4O3/c1-3-11-28-19-10-9-15(12-20(19)27-2)14-22-25-21(26)18-13-17(23-24-18)16-7-5-4-6-8-16/h3-10,12-14H,1,11H2,2H3,(H,23,24)(H,25,26)/b22-14-. The number of rotatable bonds is 8. The topological polar surface area (TPSA) is 88.6 Å². The number of benzene rings is 2. The minimum atomic E-state index is -0.385. The number of carbonyl (C=O) groups is 1. The first-order chi connectivity index (χ1) is 13.7. The molecule has 2 N–H and O–H groups in total. The maximum absolute atomic E-state index is 12.2. The molecule has 142 valence electrons. The Morgan fingerprint density at radius 1 is 1.21 bits per heavy atom. The van der Waals surface area contributed by atoms with Crippen LogP contribution in [-0.4, -0.2) is 36.0 Å². The minimum Gasteiger partial charge on any atom is -0.493 e. The van der Waals surface area contributed by atoms with Gasteiger partial charge in [0.2, 0.25) is 0 Å². The summed E-state index contributed by atoms with van der Waals surface area (Å²) in [6.07, 6.45) is 3.18. The average molecular weight is 376 g/mol. The fourth-order valence-electron chi connectivity index (χ4n) is 2.45. The molecule has 0 spiro atoms. The summed E-state index contributed by atoms with van der Waals surface area (Å²) in [5, 5.41) is 10.9. The van der Waals surface area contributed by atoms with Gasteiger partial charge in [-0.2, -0.15) is 10.2 Å². The Kier molecular flexibility index (Phi) is 6.20. The van der Waals surface area contributed by atoms with Crippen molar-refractivity contribution in [3.8, 4) is 22.8 Å². The SMILES string of the molecule is C=CCOc1ccc(/C=N\NC(=O)c2cc(-c3ccccc3)n[nH]2)cc1OC. The smallest absolute Gasteiger partial charge is 0.289 e. The molecule has 3 rings (SSSR count). The van der Waals surface area contributed by atoms with Gasteiger partial charge in [0.15, 0.2) is 11.5 Å². The number of aromatic nitrogens is 2. The summed E-state index contributed by atoms with van der Waals surface area (Å²) in [5.41, 5.74) is 5.15. The summed E-state index contributed by atoms with van der Waals surface area (Å²) in [6.45, 7) is 4.00. The summed E-state index contributed by atoms with van der Waals surface area (Å²) in [4.78, 5) is 12.2. The van der Waals surface area contributed by atoms with Crippen LogP contribution in [0.5, 0.6) is 11.5 Å². The van der Waals surface area contributed by atoms with E-state index in [0.717, 1.165) is 11.1 Å². The van der Waals surface area contributed by atoms with Crippen LogP contribution in [0.3, 0.4) is 0 Å². The summed E-state index contributed by atoms with van der Waals surface area (Å²) in [5.74, 6) is 0.788. The highest BCUT2D eigenvalue weighted by Gasteiger charge is 2.10. The second-order valence-electron chi connectivity index (χ2n) is 5.74. The number of nitrogens with zero attached hydrogens (tertiary/aromatic N) is 2. The number of ether oxygens (including phenoxy) is 2. The molecule has 0 aliphatic rings. The van der Waals surface area contributed by atoms with Crippen molar-refractivity contribution in [1.82, 2.24) is 15.6 Å². The number of carbonyl (C=O) groups excluding carboxylic acids is 1. The first-order valence-corrected chi connectivity index (χ1v) is 8.57. The monoisotopic (exact) mass is 376 g/mol. The second kappa shape index (κ2) is 9.18. The zero-order valence-electron chi connectivity index (χ0n) is 15.4. The molecule has 0 fully saturated rings. The molecule has 2 aromatic carbocycles. The molecule has 3 aromatic rings. The van der Waals surface area contributed by atoms with Crippen LogP contribution in [0.4, 0.5) is 0 Å². The molecule has 0 saturated heterocycles. The third-order valence-electron chi connectivity index (χ3n) is 3.82. The van der Waals surface area contributed by atoms with Gasteiger partial charge in [0.25, 0.3) is 5.91 Å². The van der Waals surface area contributed by atoms with Crippen molar-refractivity contribution in [3.63, 3.8) is 0 Å². The molecular formula is C21H20N4O3. The Labute approximate surface area is 162 Å². The lowest BCUT2D eigenvalue weighted by molar-refractivity contribution is 0.0950. The lowest BCUT2D eigenvalue weighted by Crippen LogP contribution is -2.18. The van der Waals surface area contributed by atoms with Gasteiger partial charge < -0.3 is 9.47 Å². The minimum absolute atomic E-state index is 0.321. The summed E-state index contributed by atoms with van der Waals surface area (Å²) in [6, 6.07) is 16.6. The zero-order valence-corrected chi connectivity index (χ0v) is 15.4. The zero-order chi connectivity index (χ0) is 19.8. The Morgan fingerprint density at radius 2 is 2.04 bits per heavy atom. The Balaban J connectivity index is 1.63. The van der Waals surface area contributed by atoms with Crippen LogP contribution in [0, 0.1) is 0 Å². The third-order valence-corrected chi connectivity index (χ3v) is 3.82. The Morgan fingerprint density at radius 3 is 2.79 bits per heavy atom. The van der Waals surface area contributed by atoms with Gasteiger partial charge in [-0.1, -0.05) is 43.0 Å². The van der Waals surface area contributed by atoms with Gasteiger partial charge in [0, 0.05) is 5.56 Å². The first-order valence-electron chi connectivity index (χ1n) is 8.57. The van der Waals surface area contributed by atoms with Crippen LogP contribution >= 0.6 is 0 Å². The van der Waals surface area contributed by atoms with Crippen molar-refractivity contribution in [2.24, 2.45) is 5.10 Å². The van der Waals surface area contributed by atoms with Crippen molar-refractivity contribution in [3.05, 3.63) is 78.5 Å². The molecule has 0 radical (unpaired) electrons. The van der Waals surface area contributed by atoms with E-state index >= 15 is 0 Å². The molecule has 0 atom stereocenters. The molecule has 28 heavy (non-hydrogen) atoms. The van der Waals surface area contributed by atoms with Crippen LogP contribution in [0.2, 0.25) is 0 Å². The quantitative estimate of drug-likeness (QED) is 0.358. The van der Waals surface area contributed by atoms with E-state index in [0.29, 0.717) is 29.5 Å². The predicted octanol–water partition coefficient (Wildman–Crippen LogP) is 3.41. The summed E-state index contributed by atoms with van der Waals surface area (Å²) < 4.78 is 10.8. The van der Waals surface area contributed by atoms with Crippen molar-refractivity contribution in [2.75, 3.05) is 13.7 Å². The molecule has 7 heteroatoms. The first kappa shape index (κ1) is 18.9. The lowest BCUT2D eigenvalue weighted by atomic mass is 10.1. The average Bonchev–Trinajstić information content (AvgIpc) is 3.23. The molecule has 0 aliphatic heterocycles. The maximum atomic E-state index is 12.2. The molecule has 7 nitrogen and oxygen atoms in total. The highest BCUT2D eigenvalue weighted by atomic mass is 16.5. The van der Waals surface area contributed by atoms with E-state index < -0.39 is 0 Å². The van der Waals surface area contributed by atoms with E-state index in [2.05, 4.69) is 27.3 Å². The van der Waals surface area contributed by atoms with Crippen LogP contribution in [0.25, 0.3) is 11.3 Å². The van der Waals surface area contributed by atoms with Crippen LogP contribution in [0.1, 0.15) is 16.1 Å². The number of amides is 1. The van der Waals surface area contributed by atoms with E-state index in [4.69, 9.17) is 9.47 Å². The van der Waals surface area contributed by atoms with E-state index in [1.807, 2.05) is 30.3 Å². The maximum Gasteiger partial charge on any atom is 0.289 e. The molecule has 1 amide bonds. The highest BCUT2D eigenvalue weighted by Crippen LogP contribution is 2.27. The van der Waals surface area contributed by atoms with Crippen LogP contribution < -0.4 is 14.9 Å². The van der Waals surface area contributed by atoms with Gasteiger partial charge in [-0.25, -0.2) is 5.43 Å². The summed E-state index contributed by atoms with van der Waals surface area (Å²) in [7, 11) is 1.56. The second-order valence-corrected chi connectivity index (χ2v) is 5.74. The van der Waals surface area contributed by atoms with Gasteiger partial charge >= 0.3 is 0 Å². The molecule has 0 unspecified atom stereocenters. The van der Waals surface area contributed by atoms with E-state index in [1.54, 1.807) is 37.5 Å². The fourth-order valence-corrected chi connectivity index (χ4v) is 2.45. The Bertz CT molecular complexity index is 980. The van der Waals surface area contributed by atoms with Gasteiger partial charge in [-0.3, -0.25) is 9.89 Å². The summed E-state index contributed by atoms with van der Waals surface area (Å²) >= 11 is 0. The molecule has 1 heterocycles. The third kappa shape index (κ3) is 4.64. The molecule has 0 saturated carbocycles. The predicted molar refractivity (Wildman–Crippen MR) is 108 cm³/mol. The molecular weight excluding hydrogens is 356 g/mol. The van der Waals surface area contributed by atoms with Gasteiger partial charge in [-0.15, -0.1) is 0 Å². The van der Waals surface area contributed by atoms with Crippen molar-refractivity contribution in [1.29, 1.82) is 0 Å². The fraction of sp³-hybridized carbons (Fsp3) is 0.0952. The number of hydrogen-bond acceptors (Lipinski definition) is 5. The van der Waals surface area contributed by atoms with E-state index in [9.17, 15) is 4.79 Å². The number of hydrogen-bond donors (Lipinski definition) is 2. The Hall–Kier alpha value is -3.87. The van der Waals surface area contributed by atoms with Crippen molar-refractivity contribution >= 4 is 12.1 Å².